The Kier molecular flexibility index (Phi) is 5.71. The summed E-state index contributed by atoms with van der Waals surface area (Å²) < 4.78 is 16.0. The molecule has 0 fully saturated rings. The van der Waals surface area contributed by atoms with Gasteiger partial charge in [-0.15, -0.1) is 11.3 Å². The number of Topliss-reactive ketones (excluding diaryl/α,β-unsaturated/α-hetero) is 1. The number of hydrogen-bond donors (Lipinski definition) is 0. The maximum absolute atomic E-state index is 12.4. The SMILES string of the molecule is COc1ccc(C(=O)C(C)OC(=O)Cc2nc(-c3cccs3)oc2C)cc1. The fourth-order valence-corrected chi connectivity index (χ4v) is 3.17. The molecule has 0 aliphatic heterocycles. The van der Waals surface area contributed by atoms with Gasteiger partial charge in [-0.05, 0) is 49.6 Å². The highest BCUT2D eigenvalue weighted by Gasteiger charge is 2.22. The Hall–Kier alpha value is -2.93. The third-order valence-corrected chi connectivity index (χ3v) is 4.85. The molecule has 1 unspecified atom stereocenters. The fraction of sp³-hybridized carbons (Fsp3) is 0.250. The van der Waals surface area contributed by atoms with Crippen LogP contribution < -0.4 is 4.74 Å². The van der Waals surface area contributed by atoms with Crippen molar-refractivity contribution in [2.45, 2.75) is 26.4 Å². The highest BCUT2D eigenvalue weighted by molar-refractivity contribution is 7.13. The number of hydrogen-bond acceptors (Lipinski definition) is 7. The summed E-state index contributed by atoms with van der Waals surface area (Å²) in [5, 5.41) is 1.93. The number of ketones is 1. The van der Waals surface area contributed by atoms with Crippen LogP contribution in [0.3, 0.4) is 0 Å². The molecule has 0 aliphatic rings. The van der Waals surface area contributed by atoms with Crippen molar-refractivity contribution in [1.82, 2.24) is 4.98 Å². The molecule has 0 spiro atoms. The summed E-state index contributed by atoms with van der Waals surface area (Å²) in [6.45, 7) is 3.30. The molecule has 1 aromatic carbocycles. The van der Waals surface area contributed by atoms with Gasteiger partial charge in [-0.1, -0.05) is 6.07 Å². The zero-order valence-corrected chi connectivity index (χ0v) is 16.0. The van der Waals surface area contributed by atoms with Gasteiger partial charge in [0.2, 0.25) is 11.7 Å². The molecule has 0 radical (unpaired) electrons. The first-order valence-corrected chi connectivity index (χ1v) is 9.24. The van der Waals surface area contributed by atoms with Crippen molar-refractivity contribution in [3.05, 3.63) is 58.8 Å². The molecule has 0 amide bonds. The van der Waals surface area contributed by atoms with Gasteiger partial charge in [-0.25, -0.2) is 4.98 Å². The van der Waals surface area contributed by atoms with Gasteiger partial charge in [0.15, 0.2) is 6.10 Å². The second kappa shape index (κ2) is 8.18. The molecule has 3 rings (SSSR count). The van der Waals surface area contributed by atoms with Crippen molar-refractivity contribution in [1.29, 1.82) is 0 Å². The Morgan fingerprint density at radius 3 is 2.59 bits per heavy atom. The van der Waals surface area contributed by atoms with Crippen LogP contribution in [0.25, 0.3) is 10.8 Å². The van der Waals surface area contributed by atoms with Crippen LogP contribution in [0.2, 0.25) is 0 Å². The summed E-state index contributed by atoms with van der Waals surface area (Å²) in [6.07, 6.45) is -0.948. The standard InChI is InChI=1S/C20H19NO5S/c1-12-16(21-20(26-12)17-5-4-10-27-17)11-18(22)25-13(2)19(23)14-6-8-15(24-3)9-7-14/h4-10,13H,11H2,1-3H3. The maximum atomic E-state index is 12.4. The van der Waals surface area contributed by atoms with Crippen LogP contribution in [0.1, 0.15) is 28.7 Å². The highest BCUT2D eigenvalue weighted by Crippen LogP contribution is 2.26. The average molecular weight is 385 g/mol. The van der Waals surface area contributed by atoms with E-state index in [4.69, 9.17) is 13.9 Å². The predicted molar refractivity (Wildman–Crippen MR) is 101 cm³/mol. The summed E-state index contributed by atoms with van der Waals surface area (Å²) >= 11 is 1.51. The van der Waals surface area contributed by atoms with Crippen LogP contribution in [0.4, 0.5) is 0 Å². The fourth-order valence-electron chi connectivity index (χ4n) is 2.52. The van der Waals surface area contributed by atoms with Gasteiger partial charge in [-0.2, -0.15) is 0 Å². The van der Waals surface area contributed by atoms with Gasteiger partial charge in [-0.3, -0.25) is 9.59 Å². The molecule has 0 saturated carbocycles. The molecule has 140 valence electrons. The van der Waals surface area contributed by atoms with Gasteiger partial charge in [0.1, 0.15) is 11.5 Å². The van der Waals surface area contributed by atoms with Crippen LogP contribution in [-0.4, -0.2) is 30.0 Å². The summed E-state index contributed by atoms with van der Waals surface area (Å²) in [6, 6.07) is 10.5. The number of carbonyl (C=O) groups excluding carboxylic acids is 2. The monoisotopic (exact) mass is 385 g/mol. The Labute approximate surface area is 160 Å². The van der Waals surface area contributed by atoms with Gasteiger partial charge in [0.05, 0.1) is 24.1 Å². The van der Waals surface area contributed by atoms with Crippen LogP contribution in [0.5, 0.6) is 5.75 Å². The first-order valence-electron chi connectivity index (χ1n) is 8.36. The quantitative estimate of drug-likeness (QED) is 0.450. The lowest BCUT2D eigenvalue weighted by molar-refractivity contribution is -0.145. The average Bonchev–Trinajstić information content (AvgIpc) is 3.31. The van der Waals surface area contributed by atoms with Gasteiger partial charge < -0.3 is 13.9 Å². The number of nitrogens with zero attached hydrogens (tertiary/aromatic N) is 1. The topological polar surface area (TPSA) is 78.6 Å². The molecule has 2 heterocycles. The first-order chi connectivity index (χ1) is 13.0. The van der Waals surface area contributed by atoms with Crippen LogP contribution in [-0.2, 0) is 16.0 Å². The number of thiophene rings is 1. The van der Waals surface area contributed by atoms with Crippen molar-refractivity contribution in [2.75, 3.05) is 7.11 Å². The zero-order chi connectivity index (χ0) is 19.4. The minimum absolute atomic E-state index is 0.0546. The molecular weight excluding hydrogens is 366 g/mol. The van der Waals surface area contributed by atoms with Crippen molar-refractivity contribution in [3.63, 3.8) is 0 Å². The number of carbonyl (C=O) groups is 2. The van der Waals surface area contributed by atoms with Crippen molar-refractivity contribution >= 4 is 23.1 Å². The number of esters is 1. The van der Waals surface area contributed by atoms with Crippen molar-refractivity contribution in [3.8, 4) is 16.5 Å². The number of benzene rings is 1. The summed E-state index contributed by atoms with van der Waals surface area (Å²) in [5.74, 6) is 0.886. The van der Waals surface area contributed by atoms with Crippen LogP contribution in [0.15, 0.2) is 46.2 Å². The highest BCUT2D eigenvalue weighted by atomic mass is 32.1. The Balaban J connectivity index is 1.62. The largest absolute Gasteiger partial charge is 0.497 e. The summed E-state index contributed by atoms with van der Waals surface area (Å²) in [4.78, 5) is 29.9. The van der Waals surface area contributed by atoms with Gasteiger partial charge in [0, 0.05) is 5.56 Å². The predicted octanol–water partition coefficient (Wildman–Crippen LogP) is 4.08. The van der Waals surface area contributed by atoms with E-state index >= 15 is 0 Å². The lowest BCUT2D eigenvalue weighted by atomic mass is 10.1. The van der Waals surface area contributed by atoms with Crippen LogP contribution in [0, 0.1) is 6.92 Å². The van der Waals surface area contributed by atoms with Crippen molar-refractivity contribution in [2.24, 2.45) is 0 Å². The van der Waals surface area contributed by atoms with Crippen molar-refractivity contribution < 1.29 is 23.5 Å². The smallest absolute Gasteiger partial charge is 0.312 e. The summed E-state index contributed by atoms with van der Waals surface area (Å²) in [5.41, 5.74) is 0.959. The molecule has 0 N–H and O–H groups in total. The third kappa shape index (κ3) is 4.43. The molecular formula is C20H19NO5S. The van der Waals surface area contributed by atoms with E-state index in [1.807, 2.05) is 17.5 Å². The lowest BCUT2D eigenvalue weighted by Crippen LogP contribution is -2.25. The molecule has 6 nitrogen and oxygen atoms in total. The molecule has 7 heteroatoms. The summed E-state index contributed by atoms with van der Waals surface area (Å²) in [7, 11) is 1.55. The number of rotatable bonds is 7. The number of aryl methyl sites for hydroxylation is 1. The number of aromatic nitrogens is 1. The van der Waals surface area contributed by atoms with E-state index in [9.17, 15) is 9.59 Å². The van der Waals surface area contributed by atoms with E-state index in [0.29, 0.717) is 28.7 Å². The Bertz CT molecular complexity index is 928. The van der Waals surface area contributed by atoms with E-state index < -0.39 is 12.1 Å². The Morgan fingerprint density at radius 2 is 1.96 bits per heavy atom. The third-order valence-electron chi connectivity index (χ3n) is 3.99. The number of ether oxygens (including phenoxy) is 2. The normalized spacial score (nSPS) is 11.8. The Morgan fingerprint density at radius 1 is 1.22 bits per heavy atom. The second-order valence-corrected chi connectivity index (χ2v) is 6.85. The molecule has 27 heavy (non-hydrogen) atoms. The van der Waals surface area contributed by atoms with E-state index in [0.717, 1.165) is 4.88 Å². The van der Waals surface area contributed by atoms with Gasteiger partial charge in [0.25, 0.3) is 0 Å². The van der Waals surface area contributed by atoms with Gasteiger partial charge >= 0.3 is 5.97 Å². The minimum Gasteiger partial charge on any atom is -0.497 e. The number of oxazole rings is 1. The lowest BCUT2D eigenvalue weighted by Gasteiger charge is -2.12. The van der Waals surface area contributed by atoms with Crippen LogP contribution >= 0.6 is 11.3 Å². The molecule has 0 saturated heterocycles. The molecule has 1 atom stereocenters. The molecule has 2 aromatic heterocycles. The minimum atomic E-state index is -0.894. The first kappa shape index (κ1) is 18.8. The van der Waals surface area contributed by atoms with E-state index in [-0.39, 0.29) is 12.2 Å². The zero-order valence-electron chi connectivity index (χ0n) is 15.2. The second-order valence-electron chi connectivity index (χ2n) is 5.90. The van der Waals surface area contributed by atoms with E-state index in [1.165, 1.54) is 11.3 Å². The molecule has 0 aliphatic carbocycles. The van der Waals surface area contributed by atoms with E-state index in [2.05, 4.69) is 4.98 Å². The number of methoxy groups -OCH3 is 1. The van der Waals surface area contributed by atoms with E-state index in [1.54, 1.807) is 45.2 Å². The molecule has 0 bridgehead atoms. The molecule has 3 aromatic rings. The maximum Gasteiger partial charge on any atom is 0.312 e.